The van der Waals surface area contributed by atoms with Crippen molar-refractivity contribution in [1.82, 2.24) is 9.97 Å². The zero-order chi connectivity index (χ0) is 7.68. The molecule has 0 spiro atoms. The van der Waals surface area contributed by atoms with Crippen LogP contribution in [0.4, 0.5) is 6.01 Å². The minimum atomic E-state index is 0.189. The number of anilines is 1. The second kappa shape index (κ2) is 2.16. The molecule has 4 heteroatoms. The SMILES string of the molecule is Nc1nc(-c2ccc[nH]2)co1. The maximum absolute atomic E-state index is 5.29. The average Bonchev–Trinajstić information content (AvgIpc) is 2.55. The summed E-state index contributed by atoms with van der Waals surface area (Å²) in [4.78, 5) is 6.92. The summed E-state index contributed by atoms with van der Waals surface area (Å²) in [7, 11) is 0. The Balaban J connectivity index is 2.45. The van der Waals surface area contributed by atoms with E-state index in [1.54, 1.807) is 0 Å². The Labute approximate surface area is 63.1 Å². The van der Waals surface area contributed by atoms with Gasteiger partial charge in [0.2, 0.25) is 0 Å². The number of nitrogens with two attached hydrogens (primary N) is 1. The summed E-state index contributed by atoms with van der Waals surface area (Å²) < 4.78 is 4.83. The average molecular weight is 149 g/mol. The first-order valence-corrected chi connectivity index (χ1v) is 3.21. The van der Waals surface area contributed by atoms with E-state index in [4.69, 9.17) is 10.2 Å². The molecule has 0 radical (unpaired) electrons. The van der Waals surface area contributed by atoms with Crippen LogP contribution in [-0.4, -0.2) is 9.97 Å². The smallest absolute Gasteiger partial charge is 0.292 e. The topological polar surface area (TPSA) is 67.8 Å². The molecule has 11 heavy (non-hydrogen) atoms. The molecule has 0 unspecified atom stereocenters. The van der Waals surface area contributed by atoms with Gasteiger partial charge in [-0.2, -0.15) is 4.98 Å². The Morgan fingerprint density at radius 3 is 3.00 bits per heavy atom. The first-order chi connectivity index (χ1) is 5.36. The highest BCUT2D eigenvalue weighted by Crippen LogP contribution is 2.16. The number of aromatic amines is 1. The first-order valence-electron chi connectivity index (χ1n) is 3.21. The molecule has 3 N–H and O–H groups in total. The molecular weight excluding hydrogens is 142 g/mol. The number of H-pyrrole nitrogens is 1. The maximum atomic E-state index is 5.29. The van der Waals surface area contributed by atoms with Crippen LogP contribution in [0.15, 0.2) is 29.0 Å². The molecular formula is C7H7N3O. The van der Waals surface area contributed by atoms with Gasteiger partial charge in [0.15, 0.2) is 0 Å². The Morgan fingerprint density at radius 2 is 2.45 bits per heavy atom. The van der Waals surface area contributed by atoms with E-state index in [9.17, 15) is 0 Å². The number of nitrogen functional groups attached to an aromatic ring is 1. The highest BCUT2D eigenvalue weighted by atomic mass is 16.4. The second-order valence-corrected chi connectivity index (χ2v) is 2.15. The molecule has 0 atom stereocenters. The zero-order valence-corrected chi connectivity index (χ0v) is 5.74. The zero-order valence-electron chi connectivity index (χ0n) is 5.74. The van der Waals surface area contributed by atoms with E-state index in [1.807, 2.05) is 18.3 Å². The maximum Gasteiger partial charge on any atom is 0.292 e. The fourth-order valence-corrected chi connectivity index (χ4v) is 0.901. The molecule has 4 nitrogen and oxygen atoms in total. The quantitative estimate of drug-likeness (QED) is 0.641. The minimum Gasteiger partial charge on any atom is -0.432 e. The minimum absolute atomic E-state index is 0.189. The third kappa shape index (κ3) is 0.980. The number of aromatic nitrogens is 2. The van der Waals surface area contributed by atoms with E-state index in [-0.39, 0.29) is 6.01 Å². The highest BCUT2D eigenvalue weighted by molar-refractivity contribution is 5.53. The van der Waals surface area contributed by atoms with Crippen LogP contribution in [0.1, 0.15) is 0 Å². The number of hydrogen-bond acceptors (Lipinski definition) is 3. The van der Waals surface area contributed by atoms with Crippen LogP contribution in [0.25, 0.3) is 11.4 Å². The van der Waals surface area contributed by atoms with Crippen LogP contribution >= 0.6 is 0 Å². The molecule has 2 rings (SSSR count). The summed E-state index contributed by atoms with van der Waals surface area (Å²) in [6.07, 6.45) is 3.33. The van der Waals surface area contributed by atoms with Gasteiger partial charge in [-0.3, -0.25) is 0 Å². The Hall–Kier alpha value is -1.71. The normalized spacial score (nSPS) is 10.2. The Morgan fingerprint density at radius 1 is 1.55 bits per heavy atom. The molecule has 2 aromatic rings. The van der Waals surface area contributed by atoms with Crippen LogP contribution < -0.4 is 5.73 Å². The van der Waals surface area contributed by atoms with Gasteiger partial charge in [-0.15, -0.1) is 0 Å². The molecule has 56 valence electrons. The van der Waals surface area contributed by atoms with Crippen molar-refractivity contribution in [3.8, 4) is 11.4 Å². The molecule has 0 fully saturated rings. The van der Waals surface area contributed by atoms with Crippen molar-refractivity contribution in [2.24, 2.45) is 0 Å². The first kappa shape index (κ1) is 6.03. The van der Waals surface area contributed by atoms with Crippen LogP contribution in [-0.2, 0) is 0 Å². The van der Waals surface area contributed by atoms with E-state index in [1.165, 1.54) is 6.26 Å². The Bertz CT molecular complexity index is 336. The van der Waals surface area contributed by atoms with E-state index < -0.39 is 0 Å². The van der Waals surface area contributed by atoms with Crippen LogP contribution in [0.3, 0.4) is 0 Å². The molecule has 0 aliphatic rings. The van der Waals surface area contributed by atoms with Crippen LogP contribution in [0, 0.1) is 0 Å². The molecule has 2 aromatic heterocycles. The van der Waals surface area contributed by atoms with Gasteiger partial charge >= 0.3 is 0 Å². The van der Waals surface area contributed by atoms with E-state index in [2.05, 4.69) is 9.97 Å². The summed E-state index contributed by atoms with van der Waals surface area (Å²) in [6.45, 7) is 0. The highest BCUT2D eigenvalue weighted by Gasteiger charge is 2.02. The van der Waals surface area contributed by atoms with E-state index in [0.29, 0.717) is 0 Å². The van der Waals surface area contributed by atoms with Crippen molar-refractivity contribution in [2.75, 3.05) is 5.73 Å². The number of nitrogens with zero attached hydrogens (tertiary/aromatic N) is 1. The molecule has 0 aliphatic heterocycles. The lowest BCUT2D eigenvalue weighted by atomic mass is 10.3. The van der Waals surface area contributed by atoms with Gasteiger partial charge in [0.1, 0.15) is 12.0 Å². The van der Waals surface area contributed by atoms with Gasteiger partial charge in [0, 0.05) is 6.20 Å². The fourth-order valence-electron chi connectivity index (χ4n) is 0.901. The van der Waals surface area contributed by atoms with E-state index >= 15 is 0 Å². The number of hydrogen-bond donors (Lipinski definition) is 2. The van der Waals surface area contributed by atoms with E-state index in [0.717, 1.165) is 11.4 Å². The van der Waals surface area contributed by atoms with Gasteiger partial charge < -0.3 is 15.1 Å². The third-order valence-corrected chi connectivity index (χ3v) is 1.40. The van der Waals surface area contributed by atoms with Crippen LogP contribution in [0.2, 0.25) is 0 Å². The van der Waals surface area contributed by atoms with Crippen molar-refractivity contribution >= 4 is 6.01 Å². The summed E-state index contributed by atoms with van der Waals surface area (Å²) in [5, 5.41) is 0. The Kier molecular flexibility index (Phi) is 1.18. The van der Waals surface area contributed by atoms with Gasteiger partial charge in [-0.25, -0.2) is 0 Å². The summed E-state index contributed by atoms with van der Waals surface area (Å²) in [5.74, 6) is 0. The van der Waals surface area contributed by atoms with Crippen molar-refractivity contribution in [1.29, 1.82) is 0 Å². The van der Waals surface area contributed by atoms with Gasteiger partial charge in [0.05, 0.1) is 5.69 Å². The van der Waals surface area contributed by atoms with Crippen molar-refractivity contribution in [3.05, 3.63) is 24.6 Å². The number of oxazole rings is 1. The predicted octanol–water partition coefficient (Wildman–Crippen LogP) is 1.25. The van der Waals surface area contributed by atoms with Crippen molar-refractivity contribution < 1.29 is 4.42 Å². The molecule has 0 saturated heterocycles. The van der Waals surface area contributed by atoms with Gasteiger partial charge in [-0.1, -0.05) is 0 Å². The fraction of sp³-hybridized carbons (Fsp3) is 0. The molecule has 0 aliphatic carbocycles. The molecule has 0 aromatic carbocycles. The lowest BCUT2D eigenvalue weighted by Gasteiger charge is -1.84. The molecule has 0 saturated carbocycles. The lowest BCUT2D eigenvalue weighted by Crippen LogP contribution is -1.83. The van der Waals surface area contributed by atoms with Crippen molar-refractivity contribution in [2.45, 2.75) is 0 Å². The number of rotatable bonds is 1. The van der Waals surface area contributed by atoms with Gasteiger partial charge in [0.25, 0.3) is 6.01 Å². The molecule has 0 amide bonds. The summed E-state index contributed by atoms with van der Waals surface area (Å²) >= 11 is 0. The predicted molar refractivity (Wildman–Crippen MR) is 40.7 cm³/mol. The third-order valence-electron chi connectivity index (χ3n) is 1.40. The second-order valence-electron chi connectivity index (χ2n) is 2.15. The standard InChI is InChI=1S/C7H7N3O/c8-7-10-6(4-11-7)5-2-1-3-9-5/h1-4,9H,(H2,8,10). The lowest BCUT2D eigenvalue weighted by molar-refractivity contribution is 0.581. The number of nitrogens with one attached hydrogen (secondary N) is 1. The van der Waals surface area contributed by atoms with Crippen LogP contribution in [0.5, 0.6) is 0 Å². The van der Waals surface area contributed by atoms with Crippen molar-refractivity contribution in [3.63, 3.8) is 0 Å². The molecule has 2 heterocycles. The monoisotopic (exact) mass is 149 g/mol. The summed E-state index contributed by atoms with van der Waals surface area (Å²) in [5.41, 5.74) is 6.93. The molecule has 0 bridgehead atoms. The summed E-state index contributed by atoms with van der Waals surface area (Å²) in [6, 6.07) is 3.98. The largest absolute Gasteiger partial charge is 0.432 e. The van der Waals surface area contributed by atoms with Gasteiger partial charge in [-0.05, 0) is 12.1 Å².